The second-order valence-corrected chi connectivity index (χ2v) is 5.65. The number of benzene rings is 1. The van der Waals surface area contributed by atoms with Gasteiger partial charge in [-0.25, -0.2) is 4.98 Å². The highest BCUT2D eigenvalue weighted by atomic mass is 16.2. The summed E-state index contributed by atoms with van der Waals surface area (Å²) in [5, 5.41) is 0. The van der Waals surface area contributed by atoms with Gasteiger partial charge in [-0.05, 0) is 48.6 Å². The zero-order valence-corrected chi connectivity index (χ0v) is 12.1. The van der Waals surface area contributed by atoms with Crippen LogP contribution in [0.4, 0.5) is 11.5 Å². The Balaban J connectivity index is 1.73. The van der Waals surface area contributed by atoms with Gasteiger partial charge in [-0.2, -0.15) is 0 Å². The largest absolute Gasteiger partial charge is 0.384 e. The molecule has 0 bridgehead atoms. The fourth-order valence-corrected chi connectivity index (χ4v) is 2.91. The van der Waals surface area contributed by atoms with Crippen LogP contribution in [0.15, 0.2) is 42.6 Å². The zero-order valence-electron chi connectivity index (χ0n) is 12.1. The van der Waals surface area contributed by atoms with Crippen LogP contribution in [-0.4, -0.2) is 17.4 Å². The minimum absolute atomic E-state index is 0.201. The number of nitrogens with two attached hydrogens (primary N) is 1. The van der Waals surface area contributed by atoms with Crippen molar-refractivity contribution in [1.29, 1.82) is 0 Å². The third-order valence-corrected chi connectivity index (χ3v) is 4.02. The molecule has 3 rings (SSSR count). The number of rotatable bonds is 3. The van der Waals surface area contributed by atoms with E-state index < -0.39 is 0 Å². The summed E-state index contributed by atoms with van der Waals surface area (Å²) in [7, 11) is 0. The molecule has 0 unspecified atom stereocenters. The first kappa shape index (κ1) is 13.6. The number of hydrogen-bond donors (Lipinski definition) is 1. The summed E-state index contributed by atoms with van der Waals surface area (Å²) in [5.41, 5.74) is 8.99. The first-order chi connectivity index (χ1) is 10.1. The molecular weight excluding hydrogens is 262 g/mol. The van der Waals surface area contributed by atoms with E-state index in [4.69, 9.17) is 5.73 Å². The van der Waals surface area contributed by atoms with Crippen molar-refractivity contribution in [3.05, 3.63) is 53.7 Å². The molecule has 2 N–H and O–H groups in total. The van der Waals surface area contributed by atoms with Gasteiger partial charge >= 0.3 is 0 Å². The number of nitrogen functional groups attached to an aromatic ring is 1. The molecular formula is C17H19N3O. The van der Waals surface area contributed by atoms with Crippen molar-refractivity contribution in [2.45, 2.75) is 19.8 Å². The standard InChI is InChI=1S/C17H19N3O/c1-12-7-16(18)19-10-14(12)8-13-9-17(21)20(11-13)15-5-3-2-4-6-15/h2-7,10,13H,8-9,11H2,1H3,(H2,18,19)/t13-/m0/s1. The number of hydrogen-bond acceptors (Lipinski definition) is 3. The zero-order chi connectivity index (χ0) is 14.8. The molecule has 21 heavy (non-hydrogen) atoms. The van der Waals surface area contributed by atoms with E-state index in [1.807, 2.05) is 54.4 Å². The van der Waals surface area contributed by atoms with Crippen molar-refractivity contribution < 1.29 is 4.79 Å². The highest BCUT2D eigenvalue weighted by molar-refractivity contribution is 5.95. The number of para-hydroxylation sites is 1. The Hall–Kier alpha value is -2.36. The lowest BCUT2D eigenvalue weighted by molar-refractivity contribution is -0.117. The summed E-state index contributed by atoms with van der Waals surface area (Å²) < 4.78 is 0. The van der Waals surface area contributed by atoms with Crippen molar-refractivity contribution >= 4 is 17.4 Å². The van der Waals surface area contributed by atoms with Crippen LogP contribution in [0.1, 0.15) is 17.5 Å². The van der Waals surface area contributed by atoms with E-state index in [0.717, 1.165) is 24.2 Å². The topological polar surface area (TPSA) is 59.2 Å². The van der Waals surface area contributed by atoms with E-state index in [1.54, 1.807) is 0 Å². The minimum atomic E-state index is 0.201. The third kappa shape index (κ3) is 2.89. The molecule has 1 fully saturated rings. The van der Waals surface area contributed by atoms with Crippen LogP contribution in [0.2, 0.25) is 0 Å². The van der Waals surface area contributed by atoms with Crippen LogP contribution in [0.5, 0.6) is 0 Å². The molecule has 1 aliphatic rings. The van der Waals surface area contributed by atoms with Gasteiger partial charge in [0.2, 0.25) is 5.91 Å². The van der Waals surface area contributed by atoms with Crippen molar-refractivity contribution in [3.63, 3.8) is 0 Å². The van der Waals surface area contributed by atoms with Gasteiger partial charge in [0.15, 0.2) is 0 Å². The maximum atomic E-state index is 12.2. The van der Waals surface area contributed by atoms with Crippen LogP contribution in [-0.2, 0) is 11.2 Å². The minimum Gasteiger partial charge on any atom is -0.384 e. The smallest absolute Gasteiger partial charge is 0.227 e. The molecule has 0 aliphatic carbocycles. The van der Waals surface area contributed by atoms with Gasteiger partial charge < -0.3 is 10.6 Å². The Kier molecular flexibility index (Phi) is 3.60. The fourth-order valence-electron chi connectivity index (χ4n) is 2.91. The van der Waals surface area contributed by atoms with Crippen molar-refractivity contribution in [2.75, 3.05) is 17.2 Å². The number of pyridine rings is 1. The van der Waals surface area contributed by atoms with Crippen molar-refractivity contribution in [2.24, 2.45) is 5.92 Å². The summed E-state index contributed by atoms with van der Waals surface area (Å²) >= 11 is 0. The second kappa shape index (κ2) is 5.56. The maximum absolute atomic E-state index is 12.2. The lowest BCUT2D eigenvalue weighted by Crippen LogP contribution is -2.24. The molecule has 1 aromatic heterocycles. The molecule has 1 atom stereocenters. The van der Waals surface area contributed by atoms with Crippen molar-refractivity contribution in [1.82, 2.24) is 4.98 Å². The molecule has 1 saturated heterocycles. The molecule has 0 spiro atoms. The third-order valence-electron chi connectivity index (χ3n) is 4.02. The Bertz CT molecular complexity index is 654. The lowest BCUT2D eigenvalue weighted by atomic mass is 9.97. The highest BCUT2D eigenvalue weighted by Gasteiger charge is 2.30. The van der Waals surface area contributed by atoms with Crippen molar-refractivity contribution in [3.8, 4) is 0 Å². The number of carbonyl (C=O) groups excluding carboxylic acids is 1. The molecule has 4 nitrogen and oxygen atoms in total. The molecule has 108 valence electrons. The Morgan fingerprint density at radius 2 is 2.10 bits per heavy atom. The average molecular weight is 281 g/mol. The van der Waals surface area contributed by atoms with Gasteiger partial charge in [-0.3, -0.25) is 4.79 Å². The fraction of sp³-hybridized carbons (Fsp3) is 0.294. The highest BCUT2D eigenvalue weighted by Crippen LogP contribution is 2.27. The van der Waals surface area contributed by atoms with Gasteiger partial charge in [0.1, 0.15) is 5.82 Å². The van der Waals surface area contributed by atoms with Gasteiger partial charge in [0.25, 0.3) is 0 Å². The van der Waals surface area contributed by atoms with Gasteiger partial charge in [0, 0.05) is 24.8 Å². The number of anilines is 2. The molecule has 1 aliphatic heterocycles. The van der Waals surface area contributed by atoms with Gasteiger partial charge in [-0.1, -0.05) is 18.2 Å². The van der Waals surface area contributed by atoms with E-state index in [1.165, 1.54) is 5.56 Å². The van der Waals surface area contributed by atoms with Crippen LogP contribution in [0, 0.1) is 12.8 Å². The molecule has 2 aromatic rings. The van der Waals surface area contributed by atoms with E-state index >= 15 is 0 Å². The van der Waals surface area contributed by atoms with Gasteiger partial charge in [0.05, 0.1) is 0 Å². The molecule has 2 heterocycles. The molecule has 4 heteroatoms. The molecule has 1 aromatic carbocycles. The number of aromatic nitrogens is 1. The molecule has 1 amide bonds. The summed E-state index contributed by atoms with van der Waals surface area (Å²) in [6, 6.07) is 11.7. The summed E-state index contributed by atoms with van der Waals surface area (Å²) in [6.45, 7) is 2.81. The van der Waals surface area contributed by atoms with Crippen LogP contribution in [0.25, 0.3) is 0 Å². The van der Waals surface area contributed by atoms with Crippen LogP contribution >= 0.6 is 0 Å². The summed E-state index contributed by atoms with van der Waals surface area (Å²) in [4.78, 5) is 18.2. The lowest BCUT2D eigenvalue weighted by Gasteiger charge is -2.17. The summed E-state index contributed by atoms with van der Waals surface area (Å²) in [6.07, 6.45) is 3.30. The number of carbonyl (C=O) groups is 1. The number of nitrogens with zero attached hydrogens (tertiary/aromatic N) is 2. The monoisotopic (exact) mass is 281 g/mol. The van der Waals surface area contributed by atoms with Gasteiger partial charge in [-0.15, -0.1) is 0 Å². The normalized spacial score (nSPS) is 18.2. The Labute approximate surface area is 124 Å². The number of aryl methyl sites for hydroxylation is 1. The quantitative estimate of drug-likeness (QED) is 0.940. The molecule has 0 radical (unpaired) electrons. The van der Waals surface area contributed by atoms with E-state index in [-0.39, 0.29) is 5.91 Å². The maximum Gasteiger partial charge on any atom is 0.227 e. The summed E-state index contributed by atoms with van der Waals surface area (Å²) in [5.74, 6) is 1.08. The second-order valence-electron chi connectivity index (χ2n) is 5.65. The van der Waals surface area contributed by atoms with Crippen LogP contribution in [0.3, 0.4) is 0 Å². The van der Waals surface area contributed by atoms with Crippen LogP contribution < -0.4 is 10.6 Å². The first-order valence-corrected chi connectivity index (χ1v) is 7.20. The Morgan fingerprint density at radius 1 is 1.33 bits per heavy atom. The van der Waals surface area contributed by atoms with E-state index in [9.17, 15) is 4.79 Å². The average Bonchev–Trinajstić information content (AvgIpc) is 2.84. The first-order valence-electron chi connectivity index (χ1n) is 7.20. The molecule has 0 saturated carbocycles. The van der Waals surface area contributed by atoms with E-state index in [0.29, 0.717) is 18.2 Å². The number of amides is 1. The predicted molar refractivity (Wildman–Crippen MR) is 84.0 cm³/mol. The predicted octanol–water partition coefficient (Wildman–Crippen LogP) is 2.57. The Morgan fingerprint density at radius 3 is 2.81 bits per heavy atom. The SMILES string of the molecule is Cc1cc(N)ncc1C[C@H]1CC(=O)N(c2ccccc2)C1. The van der Waals surface area contributed by atoms with E-state index in [2.05, 4.69) is 4.98 Å².